The zero-order chi connectivity index (χ0) is 30.8. The average Bonchev–Trinajstić information content (AvgIpc) is 2.89. The molecule has 0 spiro atoms. The number of aliphatic hydroxyl groups is 1. The molecule has 2 rings (SSSR count). The van der Waals surface area contributed by atoms with Crippen LogP contribution >= 0.6 is 0 Å². The van der Waals surface area contributed by atoms with Crippen LogP contribution in [-0.4, -0.2) is 70.1 Å². The van der Waals surface area contributed by atoms with Crippen LogP contribution in [0.25, 0.3) is 0 Å². The molecule has 2 aromatic carbocycles. The van der Waals surface area contributed by atoms with Crippen LogP contribution in [0.5, 0.6) is 0 Å². The van der Waals surface area contributed by atoms with Gasteiger partial charge in [-0.3, -0.25) is 0 Å². The molecule has 0 fully saturated rings. The number of benzene rings is 2. The number of ether oxygens (including phenoxy) is 1. The zero-order valence-corrected chi connectivity index (χ0v) is 31.3. The van der Waals surface area contributed by atoms with E-state index in [1.165, 1.54) is 18.4 Å². The Kier molecular flexibility index (Phi) is 19.5. The molecule has 0 saturated carbocycles. The molecule has 0 bridgehead atoms. The quantitative estimate of drug-likeness (QED) is 0.179. The SMILES string of the molecule is CC(c1ccccc1)[Si](C)(O)[Si](C)=O.CCCc1ccccc1.C[Si](=O)[Si](C)(CCCOCCO)O[Si](C)(C)C. The largest absolute Gasteiger partial charge is 0.453 e. The first-order chi connectivity index (χ1) is 18.6. The smallest absolute Gasteiger partial charge is 0.286 e. The summed E-state index contributed by atoms with van der Waals surface area (Å²) in [6.07, 6.45) is 3.32. The third-order valence-corrected chi connectivity index (χ3v) is 28.9. The van der Waals surface area contributed by atoms with Gasteiger partial charge in [0.05, 0.1) is 13.2 Å². The fourth-order valence-electron chi connectivity index (χ4n) is 3.96. The van der Waals surface area contributed by atoms with Gasteiger partial charge >= 0.3 is 0 Å². The van der Waals surface area contributed by atoms with Crippen LogP contribution in [0.3, 0.4) is 0 Å². The molecule has 3 atom stereocenters. The molecule has 0 saturated heterocycles. The van der Waals surface area contributed by atoms with Crippen molar-refractivity contribution in [3.05, 3.63) is 71.8 Å². The molecule has 0 radical (unpaired) electrons. The fraction of sp³-hybridized carbons (Fsp3) is 0.586. The minimum Gasteiger partial charge on any atom is -0.453 e. The van der Waals surface area contributed by atoms with Crippen molar-refractivity contribution < 1.29 is 27.7 Å². The Balaban J connectivity index is 0.000000595. The highest BCUT2D eigenvalue weighted by atomic mass is 29.2. The Morgan fingerprint density at radius 2 is 1.38 bits per heavy atom. The Bertz CT molecular complexity index is 970. The maximum Gasteiger partial charge on any atom is 0.286 e. The van der Waals surface area contributed by atoms with Gasteiger partial charge in [-0.1, -0.05) is 80.9 Å². The van der Waals surface area contributed by atoms with Gasteiger partial charge in [-0.15, -0.1) is 0 Å². The van der Waals surface area contributed by atoms with Gasteiger partial charge < -0.3 is 27.7 Å². The summed E-state index contributed by atoms with van der Waals surface area (Å²) in [4.78, 5) is 10.2. The molecule has 40 heavy (non-hydrogen) atoms. The van der Waals surface area contributed by atoms with Crippen molar-refractivity contribution >= 4 is 40.4 Å². The Morgan fingerprint density at radius 1 is 0.850 bits per heavy atom. The highest BCUT2D eigenvalue weighted by Gasteiger charge is 2.40. The molecule has 0 heterocycles. The van der Waals surface area contributed by atoms with E-state index in [1.807, 2.05) is 43.8 Å². The number of aliphatic hydroxyl groups excluding tert-OH is 1. The van der Waals surface area contributed by atoms with E-state index in [0.717, 1.165) is 18.0 Å². The molecule has 0 aliphatic carbocycles. The van der Waals surface area contributed by atoms with Gasteiger partial charge in [0.25, 0.3) is 16.4 Å². The molecule has 2 N–H and O–H groups in total. The van der Waals surface area contributed by atoms with E-state index in [9.17, 15) is 13.7 Å². The highest BCUT2D eigenvalue weighted by Crippen LogP contribution is 2.24. The summed E-state index contributed by atoms with van der Waals surface area (Å²) in [5, 5.41) is 8.59. The second-order valence-electron chi connectivity index (χ2n) is 11.5. The molecular weight excluding hydrogens is 585 g/mol. The van der Waals surface area contributed by atoms with Gasteiger partial charge in [0, 0.05) is 12.1 Å². The summed E-state index contributed by atoms with van der Waals surface area (Å²) in [5.41, 5.74) is 2.57. The van der Waals surface area contributed by atoms with E-state index < -0.39 is 40.4 Å². The third kappa shape index (κ3) is 16.4. The number of hydrogen-bond donors (Lipinski definition) is 2. The molecule has 0 aliphatic heterocycles. The molecule has 0 aromatic heterocycles. The summed E-state index contributed by atoms with van der Waals surface area (Å²) >= 11 is 0. The van der Waals surface area contributed by atoms with E-state index >= 15 is 0 Å². The van der Waals surface area contributed by atoms with Gasteiger partial charge in [-0.25, -0.2) is 0 Å². The molecule has 2 aromatic rings. The maximum absolute atomic E-state index is 11.9. The second-order valence-corrected chi connectivity index (χ2v) is 35.3. The maximum atomic E-state index is 11.9. The lowest BCUT2D eigenvalue weighted by molar-refractivity contribution is 0.0924. The normalized spacial score (nSPS) is 14.8. The van der Waals surface area contributed by atoms with Crippen molar-refractivity contribution in [1.82, 2.24) is 0 Å². The molecule has 226 valence electrons. The average molecular weight is 639 g/mol. The number of rotatable bonds is 14. The predicted octanol–water partition coefficient (Wildman–Crippen LogP) is 6.61. The highest BCUT2D eigenvalue weighted by molar-refractivity contribution is 7.25. The van der Waals surface area contributed by atoms with Gasteiger partial charge in [-0.2, -0.15) is 0 Å². The van der Waals surface area contributed by atoms with Crippen molar-refractivity contribution in [3.8, 4) is 0 Å². The van der Waals surface area contributed by atoms with Crippen LogP contribution in [0.2, 0.25) is 51.9 Å². The summed E-state index contributed by atoms with van der Waals surface area (Å²) < 4.78 is 34.8. The number of aryl methyl sites for hydroxylation is 1. The Hall–Kier alpha value is -1.04. The second kappa shape index (κ2) is 20.0. The molecular formula is C29H54O6Si5. The van der Waals surface area contributed by atoms with Crippen LogP contribution in [0.1, 0.15) is 43.4 Å². The Morgan fingerprint density at radius 3 is 1.80 bits per heavy atom. The molecule has 3 unspecified atom stereocenters. The van der Waals surface area contributed by atoms with E-state index in [2.05, 4.69) is 63.4 Å². The zero-order valence-electron chi connectivity index (χ0n) is 26.3. The third-order valence-electron chi connectivity index (χ3n) is 6.69. The van der Waals surface area contributed by atoms with E-state index in [4.69, 9.17) is 14.0 Å². The standard InChI is InChI=1S/C10H26O4Si3.C10H16O2Si2.C9H12/c1-15(12)17(5,14-16(2,3)4)10-6-8-13-9-7-11;1-9(14(3,12)13(2)11)10-7-5-4-6-8-10;1-2-6-9-7-4-3-5-8-9/h11H,6-10H2,1-5H3;4-9,12H,1-3H3;3-5,7-8H,2,6H2,1H3. The first-order valence-electron chi connectivity index (χ1n) is 14.3. The van der Waals surface area contributed by atoms with Crippen molar-refractivity contribution in [2.45, 2.75) is 90.5 Å². The van der Waals surface area contributed by atoms with Crippen LogP contribution in [0.4, 0.5) is 0 Å². The van der Waals surface area contributed by atoms with Gasteiger partial charge in [0.15, 0.2) is 8.32 Å². The van der Waals surface area contributed by atoms with Crippen molar-refractivity contribution in [2.24, 2.45) is 0 Å². The summed E-state index contributed by atoms with van der Waals surface area (Å²) in [6.45, 7) is 19.0. The van der Waals surface area contributed by atoms with Crippen LogP contribution in [0.15, 0.2) is 60.7 Å². The van der Waals surface area contributed by atoms with Crippen LogP contribution in [-0.2, 0) is 24.2 Å². The predicted molar refractivity (Wildman–Crippen MR) is 177 cm³/mol. The first-order valence-corrected chi connectivity index (χ1v) is 28.7. The minimum absolute atomic E-state index is 0.0417. The lowest BCUT2D eigenvalue weighted by Gasteiger charge is -2.32. The van der Waals surface area contributed by atoms with Crippen molar-refractivity contribution in [2.75, 3.05) is 19.8 Å². The monoisotopic (exact) mass is 638 g/mol. The summed E-state index contributed by atoms with van der Waals surface area (Å²) in [6, 6.07) is 21.3. The lowest BCUT2D eigenvalue weighted by Crippen LogP contribution is -2.51. The van der Waals surface area contributed by atoms with E-state index in [0.29, 0.717) is 13.2 Å². The molecule has 0 aliphatic rings. The van der Waals surface area contributed by atoms with E-state index in [1.54, 1.807) is 13.1 Å². The minimum atomic E-state index is -2.58. The fourth-order valence-corrected chi connectivity index (χ4v) is 20.9. The molecule has 0 amide bonds. The van der Waals surface area contributed by atoms with Gasteiger partial charge in [0.1, 0.15) is 0 Å². The molecule has 6 nitrogen and oxygen atoms in total. The topological polar surface area (TPSA) is 93.1 Å². The van der Waals surface area contributed by atoms with Crippen LogP contribution in [0, 0.1) is 0 Å². The van der Waals surface area contributed by atoms with Crippen molar-refractivity contribution in [3.63, 3.8) is 0 Å². The van der Waals surface area contributed by atoms with Crippen LogP contribution < -0.4 is 0 Å². The van der Waals surface area contributed by atoms with Crippen molar-refractivity contribution in [1.29, 1.82) is 0 Å². The lowest BCUT2D eigenvalue weighted by atomic mass is 10.1. The van der Waals surface area contributed by atoms with E-state index in [-0.39, 0.29) is 12.1 Å². The Labute approximate surface area is 249 Å². The van der Waals surface area contributed by atoms with Gasteiger partial charge in [-0.05, 0) is 75.8 Å². The summed E-state index contributed by atoms with van der Waals surface area (Å²) in [5.74, 6) is 0. The number of hydrogen-bond acceptors (Lipinski definition) is 6. The summed E-state index contributed by atoms with van der Waals surface area (Å²) in [7, 11) is -9.67. The molecule has 11 heteroatoms. The first kappa shape index (κ1) is 39.0. The van der Waals surface area contributed by atoms with Gasteiger partial charge in [0.2, 0.25) is 15.7 Å².